The number of likely N-dealkylation sites (tertiary alicyclic amines) is 1. The summed E-state index contributed by atoms with van der Waals surface area (Å²) in [6, 6.07) is 10.7. The molecule has 2 heterocycles. The quantitative estimate of drug-likeness (QED) is 0.603. The number of pyridine rings is 1. The maximum Gasteiger partial charge on any atom is 0.101 e. The van der Waals surface area contributed by atoms with Crippen molar-refractivity contribution in [3.8, 4) is 0 Å². The minimum absolute atomic E-state index is 0.898. The summed E-state index contributed by atoms with van der Waals surface area (Å²) in [7, 11) is 0. The van der Waals surface area contributed by atoms with Crippen molar-refractivity contribution in [2.75, 3.05) is 32.4 Å². The third kappa shape index (κ3) is 4.50. The third-order valence-corrected chi connectivity index (χ3v) is 5.90. The lowest BCUT2D eigenvalue weighted by Crippen LogP contribution is -2.34. The summed E-state index contributed by atoms with van der Waals surface area (Å²) < 4.78 is 0. The smallest absolute Gasteiger partial charge is 0.101 e. The SMILES string of the molecule is CCN1CCC(CCNCc2cc3ccccc3nc2SC)CC1. The normalized spacial score (nSPS) is 16.8. The average molecular weight is 344 g/mol. The number of benzene rings is 1. The second kappa shape index (κ2) is 8.84. The Hall–Kier alpha value is -1.10. The Kier molecular flexibility index (Phi) is 6.52. The molecule has 24 heavy (non-hydrogen) atoms. The maximum atomic E-state index is 4.80. The fourth-order valence-corrected chi connectivity index (χ4v) is 4.15. The predicted molar refractivity (Wildman–Crippen MR) is 105 cm³/mol. The lowest BCUT2D eigenvalue weighted by atomic mass is 9.93. The predicted octanol–water partition coefficient (Wildman–Crippen LogP) is 4.17. The molecular formula is C20H29N3S. The number of piperidine rings is 1. The molecule has 2 aromatic rings. The van der Waals surface area contributed by atoms with E-state index in [4.69, 9.17) is 4.98 Å². The van der Waals surface area contributed by atoms with Crippen molar-refractivity contribution in [3.05, 3.63) is 35.9 Å². The van der Waals surface area contributed by atoms with Gasteiger partial charge in [-0.1, -0.05) is 25.1 Å². The Morgan fingerprint density at radius 3 is 2.79 bits per heavy atom. The molecule has 1 aliphatic rings. The summed E-state index contributed by atoms with van der Waals surface area (Å²) in [6.45, 7) is 8.07. The van der Waals surface area contributed by atoms with Crippen molar-refractivity contribution in [2.45, 2.75) is 37.8 Å². The molecular weight excluding hydrogens is 314 g/mol. The van der Waals surface area contributed by atoms with E-state index in [1.54, 1.807) is 11.8 Å². The summed E-state index contributed by atoms with van der Waals surface area (Å²) in [5.41, 5.74) is 2.41. The molecule has 1 N–H and O–H groups in total. The van der Waals surface area contributed by atoms with E-state index in [9.17, 15) is 0 Å². The fraction of sp³-hybridized carbons (Fsp3) is 0.550. The fourth-order valence-electron chi connectivity index (χ4n) is 3.57. The topological polar surface area (TPSA) is 28.2 Å². The van der Waals surface area contributed by atoms with Gasteiger partial charge in [0.15, 0.2) is 0 Å². The molecule has 0 aliphatic carbocycles. The first kappa shape index (κ1) is 17.7. The van der Waals surface area contributed by atoms with Crippen LogP contribution in [0, 0.1) is 5.92 Å². The molecule has 130 valence electrons. The van der Waals surface area contributed by atoms with Gasteiger partial charge in [0, 0.05) is 11.9 Å². The van der Waals surface area contributed by atoms with E-state index in [0.29, 0.717) is 0 Å². The number of nitrogens with zero attached hydrogens (tertiary/aromatic N) is 2. The lowest BCUT2D eigenvalue weighted by molar-refractivity contribution is 0.186. The number of hydrogen-bond acceptors (Lipinski definition) is 4. The van der Waals surface area contributed by atoms with Gasteiger partial charge in [-0.2, -0.15) is 0 Å². The number of para-hydroxylation sites is 1. The Balaban J connectivity index is 1.50. The van der Waals surface area contributed by atoms with Crippen LogP contribution in [-0.2, 0) is 6.54 Å². The highest BCUT2D eigenvalue weighted by Crippen LogP contribution is 2.23. The van der Waals surface area contributed by atoms with Gasteiger partial charge < -0.3 is 10.2 Å². The van der Waals surface area contributed by atoms with Crippen LogP contribution in [0.5, 0.6) is 0 Å². The summed E-state index contributed by atoms with van der Waals surface area (Å²) >= 11 is 1.74. The molecule has 0 bridgehead atoms. The summed E-state index contributed by atoms with van der Waals surface area (Å²) in [5, 5.41) is 6.03. The van der Waals surface area contributed by atoms with E-state index in [0.717, 1.165) is 29.6 Å². The number of hydrogen-bond donors (Lipinski definition) is 1. The molecule has 1 aliphatic heterocycles. The lowest BCUT2D eigenvalue weighted by Gasteiger charge is -2.31. The molecule has 0 unspecified atom stereocenters. The van der Waals surface area contributed by atoms with Gasteiger partial charge in [-0.05, 0) is 75.3 Å². The molecule has 1 aromatic carbocycles. The summed E-state index contributed by atoms with van der Waals surface area (Å²) in [4.78, 5) is 7.36. The first-order valence-corrected chi connectivity index (χ1v) is 10.4. The average Bonchev–Trinajstić information content (AvgIpc) is 2.65. The zero-order valence-electron chi connectivity index (χ0n) is 14.9. The third-order valence-electron chi connectivity index (χ3n) is 5.16. The number of nitrogens with one attached hydrogen (secondary N) is 1. The van der Waals surface area contributed by atoms with Gasteiger partial charge in [0.2, 0.25) is 0 Å². The molecule has 0 amide bonds. The molecule has 0 radical (unpaired) electrons. The molecule has 3 nitrogen and oxygen atoms in total. The molecule has 0 spiro atoms. The molecule has 4 heteroatoms. The van der Waals surface area contributed by atoms with Crippen molar-refractivity contribution in [2.24, 2.45) is 5.92 Å². The Morgan fingerprint density at radius 1 is 1.25 bits per heavy atom. The summed E-state index contributed by atoms with van der Waals surface area (Å²) in [6.07, 6.45) is 6.14. The van der Waals surface area contributed by atoms with E-state index >= 15 is 0 Å². The van der Waals surface area contributed by atoms with E-state index in [2.05, 4.69) is 53.7 Å². The Labute approximate surface area is 150 Å². The molecule has 0 atom stereocenters. The number of rotatable bonds is 7. The van der Waals surface area contributed by atoms with Crippen molar-refractivity contribution in [1.29, 1.82) is 0 Å². The molecule has 1 saturated heterocycles. The number of aromatic nitrogens is 1. The Morgan fingerprint density at radius 2 is 2.04 bits per heavy atom. The molecule has 3 rings (SSSR count). The van der Waals surface area contributed by atoms with Crippen LogP contribution in [-0.4, -0.2) is 42.3 Å². The number of fused-ring (bicyclic) bond motifs is 1. The number of thioether (sulfide) groups is 1. The zero-order chi connectivity index (χ0) is 16.8. The van der Waals surface area contributed by atoms with Crippen molar-refractivity contribution < 1.29 is 0 Å². The first-order chi connectivity index (χ1) is 11.8. The van der Waals surface area contributed by atoms with Gasteiger partial charge >= 0.3 is 0 Å². The van der Waals surface area contributed by atoms with E-state index in [1.807, 2.05) is 0 Å². The van der Waals surface area contributed by atoms with Crippen molar-refractivity contribution in [1.82, 2.24) is 15.2 Å². The van der Waals surface area contributed by atoms with Crippen LogP contribution in [0.4, 0.5) is 0 Å². The van der Waals surface area contributed by atoms with Crippen LogP contribution < -0.4 is 5.32 Å². The van der Waals surface area contributed by atoms with E-state index < -0.39 is 0 Å². The van der Waals surface area contributed by atoms with Crippen LogP contribution in [0.2, 0.25) is 0 Å². The highest BCUT2D eigenvalue weighted by atomic mass is 32.2. The van der Waals surface area contributed by atoms with Crippen LogP contribution >= 0.6 is 11.8 Å². The van der Waals surface area contributed by atoms with Crippen LogP contribution in [0.3, 0.4) is 0 Å². The monoisotopic (exact) mass is 343 g/mol. The highest BCUT2D eigenvalue weighted by molar-refractivity contribution is 7.98. The minimum atomic E-state index is 0.898. The minimum Gasteiger partial charge on any atom is -0.313 e. The van der Waals surface area contributed by atoms with Gasteiger partial charge in [0.25, 0.3) is 0 Å². The van der Waals surface area contributed by atoms with Crippen molar-refractivity contribution >= 4 is 22.7 Å². The second-order valence-electron chi connectivity index (χ2n) is 6.69. The molecule has 0 saturated carbocycles. The largest absolute Gasteiger partial charge is 0.313 e. The van der Waals surface area contributed by atoms with Gasteiger partial charge in [-0.3, -0.25) is 0 Å². The Bertz CT molecular complexity index is 650. The standard InChI is InChI=1S/C20H29N3S/c1-3-23-12-9-16(10-13-23)8-11-21-15-18-14-17-6-4-5-7-19(17)22-20(18)24-2/h4-7,14,16,21H,3,8-13,15H2,1-2H3. The van der Waals surface area contributed by atoms with Gasteiger partial charge in [0.05, 0.1) is 5.52 Å². The zero-order valence-corrected chi connectivity index (χ0v) is 15.7. The van der Waals surface area contributed by atoms with Gasteiger partial charge in [0.1, 0.15) is 5.03 Å². The maximum absolute atomic E-state index is 4.80. The van der Waals surface area contributed by atoms with Crippen LogP contribution in [0.25, 0.3) is 10.9 Å². The van der Waals surface area contributed by atoms with Crippen molar-refractivity contribution in [3.63, 3.8) is 0 Å². The van der Waals surface area contributed by atoms with Gasteiger partial charge in [-0.25, -0.2) is 4.98 Å². The van der Waals surface area contributed by atoms with E-state index in [-0.39, 0.29) is 0 Å². The molecule has 1 aromatic heterocycles. The summed E-state index contributed by atoms with van der Waals surface area (Å²) in [5.74, 6) is 0.898. The second-order valence-corrected chi connectivity index (χ2v) is 7.49. The highest BCUT2D eigenvalue weighted by Gasteiger charge is 2.17. The van der Waals surface area contributed by atoms with Crippen LogP contribution in [0.1, 0.15) is 31.7 Å². The molecule has 1 fully saturated rings. The van der Waals surface area contributed by atoms with Gasteiger partial charge in [-0.15, -0.1) is 11.8 Å². The van der Waals surface area contributed by atoms with E-state index in [1.165, 1.54) is 49.8 Å². The van der Waals surface area contributed by atoms with Crippen LogP contribution in [0.15, 0.2) is 35.4 Å². The first-order valence-electron chi connectivity index (χ1n) is 9.16.